The molecule has 0 bridgehead atoms. The molecule has 0 radical (unpaired) electrons. The number of anilines is 1. The Labute approximate surface area is 101 Å². The first kappa shape index (κ1) is 12.3. The minimum atomic E-state index is -0.323. The molecule has 1 unspecified atom stereocenters. The molecule has 2 heterocycles. The second-order valence-electron chi connectivity index (χ2n) is 4.65. The summed E-state index contributed by atoms with van der Waals surface area (Å²) < 4.78 is 13.1. The average Bonchev–Trinajstić information content (AvgIpc) is 2.30. The van der Waals surface area contributed by atoms with E-state index in [1.54, 1.807) is 0 Å². The number of pyridine rings is 1. The smallest absolute Gasteiger partial charge is 0.141 e. The predicted octanol–water partition coefficient (Wildman–Crippen LogP) is 0.820. The highest BCUT2D eigenvalue weighted by Gasteiger charge is 2.24. The minimum Gasteiger partial charge on any atom is -0.351 e. The summed E-state index contributed by atoms with van der Waals surface area (Å²) in [5.41, 5.74) is 6.43. The third kappa shape index (κ3) is 2.56. The molecule has 2 rings (SSSR count). The molecule has 1 atom stereocenters. The van der Waals surface area contributed by atoms with Gasteiger partial charge in [0.05, 0.1) is 6.20 Å². The number of aromatic nitrogens is 1. The van der Waals surface area contributed by atoms with Crippen molar-refractivity contribution < 1.29 is 4.39 Å². The van der Waals surface area contributed by atoms with Crippen molar-refractivity contribution in [2.75, 3.05) is 31.6 Å². The Kier molecular flexibility index (Phi) is 3.59. The van der Waals surface area contributed by atoms with Gasteiger partial charge in [-0.3, -0.25) is 0 Å². The maximum absolute atomic E-state index is 13.1. The van der Waals surface area contributed by atoms with Crippen LogP contribution in [-0.4, -0.2) is 42.6 Å². The Morgan fingerprint density at radius 3 is 2.94 bits per heavy atom. The molecule has 2 N–H and O–H groups in total. The molecule has 1 aromatic rings. The van der Waals surface area contributed by atoms with Crippen molar-refractivity contribution >= 4 is 5.82 Å². The molecule has 17 heavy (non-hydrogen) atoms. The lowest BCUT2D eigenvalue weighted by Gasteiger charge is -2.39. The summed E-state index contributed by atoms with van der Waals surface area (Å²) in [4.78, 5) is 8.70. The highest BCUT2D eigenvalue weighted by atomic mass is 19.1. The zero-order valence-corrected chi connectivity index (χ0v) is 10.4. The monoisotopic (exact) mass is 238 g/mol. The molecule has 94 valence electrons. The van der Waals surface area contributed by atoms with Gasteiger partial charge in [0.15, 0.2) is 0 Å². The first-order chi connectivity index (χ1) is 8.11. The van der Waals surface area contributed by atoms with E-state index in [0.717, 1.165) is 31.0 Å². The number of hydrogen-bond donors (Lipinski definition) is 1. The zero-order valence-electron chi connectivity index (χ0n) is 10.4. The fraction of sp³-hybridized carbons (Fsp3) is 0.583. The van der Waals surface area contributed by atoms with Crippen molar-refractivity contribution in [3.8, 4) is 0 Å². The van der Waals surface area contributed by atoms with Gasteiger partial charge in [-0.25, -0.2) is 9.37 Å². The highest BCUT2D eigenvalue weighted by Crippen LogP contribution is 2.22. The van der Waals surface area contributed by atoms with Crippen LogP contribution in [0.3, 0.4) is 0 Å². The van der Waals surface area contributed by atoms with Crippen LogP contribution in [-0.2, 0) is 6.54 Å². The van der Waals surface area contributed by atoms with Crippen LogP contribution in [0.2, 0.25) is 0 Å². The summed E-state index contributed by atoms with van der Waals surface area (Å²) in [6.07, 6.45) is 1.26. The topological polar surface area (TPSA) is 45.4 Å². The van der Waals surface area contributed by atoms with Gasteiger partial charge in [0.2, 0.25) is 0 Å². The summed E-state index contributed by atoms with van der Waals surface area (Å²) >= 11 is 0. The molecule has 5 heteroatoms. The maximum Gasteiger partial charge on any atom is 0.141 e. The van der Waals surface area contributed by atoms with Crippen molar-refractivity contribution in [2.24, 2.45) is 5.73 Å². The molecule has 4 nitrogen and oxygen atoms in total. The van der Waals surface area contributed by atoms with Gasteiger partial charge in [0.1, 0.15) is 11.6 Å². The van der Waals surface area contributed by atoms with E-state index in [0.29, 0.717) is 12.6 Å². The van der Waals surface area contributed by atoms with E-state index in [2.05, 4.69) is 28.8 Å². The van der Waals surface area contributed by atoms with Crippen molar-refractivity contribution in [2.45, 2.75) is 19.5 Å². The number of piperazine rings is 1. The molecule has 1 aliphatic rings. The second kappa shape index (κ2) is 4.98. The average molecular weight is 238 g/mol. The molecule has 0 amide bonds. The summed E-state index contributed by atoms with van der Waals surface area (Å²) in [5.74, 6) is 0.505. The van der Waals surface area contributed by atoms with Gasteiger partial charge in [-0.1, -0.05) is 0 Å². The van der Waals surface area contributed by atoms with E-state index in [4.69, 9.17) is 5.73 Å². The molecule has 0 aromatic carbocycles. The SMILES string of the molecule is CC1CN(C)CCN1c1ncc(F)cc1CN. The van der Waals surface area contributed by atoms with E-state index in [-0.39, 0.29) is 5.82 Å². The number of rotatable bonds is 2. The van der Waals surface area contributed by atoms with Crippen molar-refractivity contribution in [1.29, 1.82) is 0 Å². The Hall–Kier alpha value is -1.20. The van der Waals surface area contributed by atoms with Gasteiger partial charge >= 0.3 is 0 Å². The first-order valence-corrected chi connectivity index (χ1v) is 5.91. The number of likely N-dealkylation sites (N-methyl/N-ethyl adjacent to an activating group) is 1. The van der Waals surface area contributed by atoms with E-state index in [1.165, 1.54) is 12.3 Å². The van der Waals surface area contributed by atoms with Crippen LogP contribution in [0.1, 0.15) is 12.5 Å². The summed E-state index contributed by atoms with van der Waals surface area (Å²) in [6.45, 7) is 5.36. The number of nitrogens with two attached hydrogens (primary N) is 1. The molecule has 0 spiro atoms. The second-order valence-corrected chi connectivity index (χ2v) is 4.65. The molecule has 1 fully saturated rings. The molecular weight excluding hydrogens is 219 g/mol. The third-order valence-corrected chi connectivity index (χ3v) is 3.23. The van der Waals surface area contributed by atoms with Crippen LogP contribution >= 0.6 is 0 Å². The normalized spacial score (nSPS) is 21.9. The van der Waals surface area contributed by atoms with Gasteiger partial charge in [0, 0.05) is 37.8 Å². The predicted molar refractivity (Wildman–Crippen MR) is 66.4 cm³/mol. The summed E-state index contributed by atoms with van der Waals surface area (Å²) in [7, 11) is 2.11. The molecule has 0 saturated carbocycles. The van der Waals surface area contributed by atoms with Crippen LogP contribution in [0.15, 0.2) is 12.3 Å². The Morgan fingerprint density at radius 1 is 1.53 bits per heavy atom. The van der Waals surface area contributed by atoms with Crippen molar-refractivity contribution in [1.82, 2.24) is 9.88 Å². The summed E-state index contributed by atoms with van der Waals surface area (Å²) in [6, 6.07) is 1.85. The third-order valence-electron chi connectivity index (χ3n) is 3.23. The summed E-state index contributed by atoms with van der Waals surface area (Å²) in [5, 5.41) is 0. The number of hydrogen-bond acceptors (Lipinski definition) is 4. The van der Waals surface area contributed by atoms with E-state index < -0.39 is 0 Å². The van der Waals surface area contributed by atoms with Gasteiger partial charge in [-0.15, -0.1) is 0 Å². The molecule has 1 aliphatic heterocycles. The molecule has 1 aromatic heterocycles. The van der Waals surface area contributed by atoms with E-state index in [9.17, 15) is 4.39 Å². The lowest BCUT2D eigenvalue weighted by atomic mass is 10.1. The zero-order chi connectivity index (χ0) is 12.4. The van der Waals surface area contributed by atoms with Gasteiger partial charge in [-0.05, 0) is 20.0 Å². The number of nitrogens with zero attached hydrogens (tertiary/aromatic N) is 3. The Morgan fingerprint density at radius 2 is 2.29 bits per heavy atom. The van der Waals surface area contributed by atoms with Gasteiger partial charge < -0.3 is 15.5 Å². The number of halogens is 1. The molecular formula is C12H19FN4. The maximum atomic E-state index is 13.1. The fourth-order valence-electron chi connectivity index (χ4n) is 2.34. The minimum absolute atomic E-state index is 0.319. The fourth-order valence-corrected chi connectivity index (χ4v) is 2.34. The van der Waals surface area contributed by atoms with Crippen molar-refractivity contribution in [3.63, 3.8) is 0 Å². The largest absolute Gasteiger partial charge is 0.351 e. The van der Waals surface area contributed by atoms with Crippen LogP contribution < -0.4 is 10.6 Å². The Balaban J connectivity index is 2.27. The lowest BCUT2D eigenvalue weighted by molar-refractivity contribution is 0.274. The van der Waals surface area contributed by atoms with Crippen LogP contribution in [0.4, 0.5) is 10.2 Å². The van der Waals surface area contributed by atoms with E-state index >= 15 is 0 Å². The highest BCUT2D eigenvalue weighted by molar-refractivity contribution is 5.48. The molecule has 0 aliphatic carbocycles. The van der Waals surface area contributed by atoms with Crippen LogP contribution in [0, 0.1) is 5.82 Å². The first-order valence-electron chi connectivity index (χ1n) is 5.91. The van der Waals surface area contributed by atoms with Crippen molar-refractivity contribution in [3.05, 3.63) is 23.6 Å². The lowest BCUT2D eigenvalue weighted by Crippen LogP contribution is -2.51. The molecule has 1 saturated heterocycles. The quantitative estimate of drug-likeness (QED) is 0.828. The van der Waals surface area contributed by atoms with Crippen LogP contribution in [0.5, 0.6) is 0 Å². The standard InChI is InChI=1S/C12H19FN4/c1-9-8-16(2)3-4-17(9)12-10(6-14)5-11(13)7-15-12/h5,7,9H,3-4,6,8,14H2,1-2H3. The van der Waals surface area contributed by atoms with E-state index in [1.807, 2.05) is 0 Å². The van der Waals surface area contributed by atoms with Crippen LogP contribution in [0.25, 0.3) is 0 Å². The van der Waals surface area contributed by atoms with Gasteiger partial charge in [0.25, 0.3) is 0 Å². The Bertz CT molecular complexity index is 396. The van der Waals surface area contributed by atoms with Gasteiger partial charge in [-0.2, -0.15) is 0 Å².